The summed E-state index contributed by atoms with van der Waals surface area (Å²) in [5.41, 5.74) is 1.13. The summed E-state index contributed by atoms with van der Waals surface area (Å²) in [4.78, 5) is 0. The molecule has 0 radical (unpaired) electrons. The standard InChI is InChI=1S/C13H23NO2Si/c1-3-10-15-17(16-11-4-2)12-14-13-8-6-5-7-9-13/h5-9,14,17H,3-4,10-12H2,1-2H3. The van der Waals surface area contributed by atoms with Gasteiger partial charge in [0.2, 0.25) is 0 Å². The summed E-state index contributed by atoms with van der Waals surface area (Å²) >= 11 is 0. The summed E-state index contributed by atoms with van der Waals surface area (Å²) in [6.45, 7) is 5.85. The molecule has 0 bridgehead atoms. The van der Waals surface area contributed by atoms with Crippen molar-refractivity contribution in [3.05, 3.63) is 30.3 Å². The number of anilines is 1. The van der Waals surface area contributed by atoms with Crippen LogP contribution in [0.15, 0.2) is 30.3 Å². The van der Waals surface area contributed by atoms with E-state index >= 15 is 0 Å². The normalized spacial score (nSPS) is 10.8. The molecule has 1 rings (SSSR count). The third-order valence-electron chi connectivity index (χ3n) is 2.26. The molecule has 0 heterocycles. The minimum absolute atomic E-state index is 0.803. The molecule has 17 heavy (non-hydrogen) atoms. The number of para-hydroxylation sites is 1. The Balaban J connectivity index is 2.31. The summed E-state index contributed by atoms with van der Waals surface area (Å²) in [5.74, 6) is 0. The van der Waals surface area contributed by atoms with Crippen molar-refractivity contribution >= 4 is 15.0 Å². The van der Waals surface area contributed by atoms with E-state index in [0.29, 0.717) is 0 Å². The fraction of sp³-hybridized carbons (Fsp3) is 0.538. The van der Waals surface area contributed by atoms with Gasteiger partial charge in [-0.1, -0.05) is 32.0 Å². The first-order chi connectivity index (χ1) is 8.36. The number of hydrogen-bond donors (Lipinski definition) is 1. The molecule has 0 saturated heterocycles. The maximum Gasteiger partial charge on any atom is 0.341 e. The Morgan fingerprint density at radius 1 is 1.00 bits per heavy atom. The van der Waals surface area contributed by atoms with Crippen molar-refractivity contribution in [3.63, 3.8) is 0 Å². The SMILES string of the molecule is CCCO[SiH](CNc1ccccc1)OCCC. The van der Waals surface area contributed by atoms with Crippen LogP contribution < -0.4 is 5.32 Å². The van der Waals surface area contributed by atoms with E-state index < -0.39 is 9.28 Å². The third kappa shape index (κ3) is 6.46. The molecule has 1 aromatic rings. The Hall–Kier alpha value is -0.843. The van der Waals surface area contributed by atoms with Gasteiger partial charge in [0.15, 0.2) is 0 Å². The fourth-order valence-electron chi connectivity index (χ4n) is 1.42. The van der Waals surface area contributed by atoms with E-state index in [1.165, 1.54) is 0 Å². The van der Waals surface area contributed by atoms with Crippen LogP contribution >= 0.6 is 0 Å². The molecule has 4 heteroatoms. The van der Waals surface area contributed by atoms with Crippen LogP contribution in [0, 0.1) is 0 Å². The van der Waals surface area contributed by atoms with Crippen molar-refractivity contribution in [1.29, 1.82) is 0 Å². The molecular weight excluding hydrogens is 230 g/mol. The van der Waals surface area contributed by atoms with Crippen LogP contribution in [-0.2, 0) is 8.85 Å². The van der Waals surface area contributed by atoms with E-state index in [2.05, 4.69) is 31.3 Å². The lowest BCUT2D eigenvalue weighted by molar-refractivity contribution is 0.198. The van der Waals surface area contributed by atoms with Crippen LogP contribution in [-0.4, -0.2) is 28.7 Å². The predicted octanol–water partition coefficient (Wildman–Crippen LogP) is 2.71. The second kappa shape index (κ2) is 9.21. The lowest BCUT2D eigenvalue weighted by Crippen LogP contribution is -2.32. The zero-order valence-corrected chi connectivity index (χ0v) is 12.0. The molecular formula is C13H23NO2Si. The van der Waals surface area contributed by atoms with Crippen LogP contribution in [0.25, 0.3) is 0 Å². The molecule has 0 amide bonds. The van der Waals surface area contributed by atoms with Gasteiger partial charge in [-0.25, -0.2) is 0 Å². The van der Waals surface area contributed by atoms with Gasteiger partial charge < -0.3 is 14.2 Å². The van der Waals surface area contributed by atoms with E-state index in [1.54, 1.807) is 0 Å². The molecule has 0 aliphatic rings. The van der Waals surface area contributed by atoms with Gasteiger partial charge in [0.25, 0.3) is 0 Å². The highest BCUT2D eigenvalue weighted by Crippen LogP contribution is 2.05. The van der Waals surface area contributed by atoms with Gasteiger partial charge in [-0.3, -0.25) is 0 Å². The average Bonchev–Trinajstić information content (AvgIpc) is 2.39. The summed E-state index contributed by atoms with van der Waals surface area (Å²) in [5, 5.41) is 3.37. The molecule has 0 aliphatic carbocycles. The first-order valence-electron chi connectivity index (χ1n) is 6.39. The number of benzene rings is 1. The van der Waals surface area contributed by atoms with Crippen molar-refractivity contribution in [2.24, 2.45) is 0 Å². The molecule has 1 aromatic carbocycles. The van der Waals surface area contributed by atoms with Gasteiger partial charge >= 0.3 is 9.28 Å². The molecule has 0 aromatic heterocycles. The second-order valence-corrected chi connectivity index (χ2v) is 5.85. The number of rotatable bonds is 9. The number of nitrogens with one attached hydrogen (secondary N) is 1. The van der Waals surface area contributed by atoms with Crippen molar-refractivity contribution < 1.29 is 8.85 Å². The maximum absolute atomic E-state index is 5.77. The van der Waals surface area contributed by atoms with Crippen LogP contribution in [0.1, 0.15) is 26.7 Å². The highest BCUT2D eigenvalue weighted by molar-refractivity contribution is 6.45. The lowest BCUT2D eigenvalue weighted by Gasteiger charge is -2.17. The third-order valence-corrected chi connectivity index (χ3v) is 4.01. The van der Waals surface area contributed by atoms with Crippen molar-refractivity contribution in [2.75, 3.05) is 24.7 Å². The van der Waals surface area contributed by atoms with E-state index in [4.69, 9.17) is 8.85 Å². The quantitative estimate of drug-likeness (QED) is 0.686. The fourth-order valence-corrected chi connectivity index (χ4v) is 3.15. The molecule has 0 aliphatic heterocycles. The largest absolute Gasteiger partial charge is 0.396 e. The Labute approximate surface area is 106 Å². The molecule has 0 fully saturated rings. The smallest absolute Gasteiger partial charge is 0.341 e. The monoisotopic (exact) mass is 253 g/mol. The highest BCUT2D eigenvalue weighted by atomic mass is 28.3. The lowest BCUT2D eigenvalue weighted by atomic mass is 10.3. The van der Waals surface area contributed by atoms with Crippen molar-refractivity contribution in [2.45, 2.75) is 26.7 Å². The van der Waals surface area contributed by atoms with Crippen molar-refractivity contribution in [1.82, 2.24) is 0 Å². The van der Waals surface area contributed by atoms with E-state index in [9.17, 15) is 0 Å². The maximum atomic E-state index is 5.77. The predicted molar refractivity (Wildman–Crippen MR) is 74.6 cm³/mol. The van der Waals surface area contributed by atoms with Gasteiger partial charge in [0.1, 0.15) is 0 Å². The van der Waals surface area contributed by atoms with Crippen LogP contribution in [0.4, 0.5) is 5.69 Å². The van der Waals surface area contributed by atoms with Gasteiger partial charge in [-0.2, -0.15) is 0 Å². The summed E-state index contributed by atoms with van der Waals surface area (Å²) in [6, 6.07) is 10.2. The van der Waals surface area contributed by atoms with Gasteiger partial charge in [0.05, 0.1) is 6.17 Å². The summed E-state index contributed by atoms with van der Waals surface area (Å²) < 4.78 is 11.5. The van der Waals surface area contributed by atoms with Crippen molar-refractivity contribution in [3.8, 4) is 0 Å². The van der Waals surface area contributed by atoms with E-state index in [1.807, 2.05) is 18.2 Å². The Bertz CT molecular complexity index is 274. The molecule has 0 spiro atoms. The van der Waals surface area contributed by atoms with Gasteiger partial charge in [0, 0.05) is 18.9 Å². The topological polar surface area (TPSA) is 30.5 Å². The van der Waals surface area contributed by atoms with Gasteiger partial charge in [-0.15, -0.1) is 0 Å². The first kappa shape index (κ1) is 14.2. The summed E-state index contributed by atoms with van der Waals surface area (Å²) in [6.07, 6.45) is 2.92. The minimum atomic E-state index is -1.55. The van der Waals surface area contributed by atoms with E-state index in [-0.39, 0.29) is 0 Å². The molecule has 1 N–H and O–H groups in total. The van der Waals surface area contributed by atoms with E-state index in [0.717, 1.165) is 37.9 Å². The van der Waals surface area contributed by atoms with Crippen LogP contribution in [0.2, 0.25) is 0 Å². The van der Waals surface area contributed by atoms with Crippen LogP contribution in [0.3, 0.4) is 0 Å². The summed E-state index contributed by atoms with van der Waals surface area (Å²) in [7, 11) is -1.55. The van der Waals surface area contributed by atoms with Crippen LogP contribution in [0.5, 0.6) is 0 Å². The molecule has 0 saturated carbocycles. The zero-order chi connectivity index (χ0) is 12.3. The average molecular weight is 253 g/mol. The highest BCUT2D eigenvalue weighted by Gasteiger charge is 2.12. The Kier molecular flexibility index (Phi) is 7.71. The number of hydrogen-bond acceptors (Lipinski definition) is 3. The minimum Gasteiger partial charge on any atom is -0.396 e. The molecule has 0 atom stereocenters. The Morgan fingerprint density at radius 2 is 1.59 bits per heavy atom. The van der Waals surface area contributed by atoms with Gasteiger partial charge in [-0.05, 0) is 25.0 Å². The second-order valence-electron chi connectivity index (χ2n) is 3.92. The Morgan fingerprint density at radius 3 is 2.12 bits per heavy atom. The molecule has 0 unspecified atom stereocenters. The first-order valence-corrected chi connectivity index (χ1v) is 8.14. The zero-order valence-electron chi connectivity index (χ0n) is 10.8. The molecule has 96 valence electrons. The molecule has 3 nitrogen and oxygen atoms in total.